The van der Waals surface area contributed by atoms with Crippen LogP contribution < -0.4 is 10.8 Å². The van der Waals surface area contributed by atoms with Crippen LogP contribution in [-0.4, -0.2) is 35.5 Å². The number of benzene rings is 2. The first-order valence-corrected chi connectivity index (χ1v) is 13.3. The van der Waals surface area contributed by atoms with Gasteiger partial charge in [-0.3, -0.25) is 9.97 Å². The third-order valence-electron chi connectivity index (χ3n) is 6.06. The second-order valence-corrected chi connectivity index (χ2v) is 11.1. The molecule has 35 heavy (non-hydrogen) atoms. The molecule has 2 aromatic heterocycles. The van der Waals surface area contributed by atoms with E-state index in [4.69, 9.17) is 16.3 Å². The second-order valence-electron chi connectivity index (χ2n) is 8.31. The third kappa shape index (κ3) is 4.86. The molecule has 4 aromatic rings. The summed E-state index contributed by atoms with van der Waals surface area (Å²) in [5.74, 6) is -2.27. The lowest BCUT2D eigenvalue weighted by molar-refractivity contribution is 0.159. The molecule has 1 aliphatic heterocycles. The summed E-state index contributed by atoms with van der Waals surface area (Å²) in [6, 6.07) is 10.9. The van der Waals surface area contributed by atoms with E-state index >= 15 is 4.39 Å². The fourth-order valence-electron chi connectivity index (χ4n) is 4.17. The SMILES string of the molecule is Cc1nc2cc(F)c(-c3ccc(P4CCOCC4)nc3)cc2c(NCc2cccc(F)c2F)c1Cl. The van der Waals surface area contributed by atoms with Gasteiger partial charge in [-0.1, -0.05) is 37.7 Å². The normalized spacial score (nSPS) is 14.4. The molecule has 0 atom stereocenters. The van der Waals surface area contributed by atoms with Crippen molar-refractivity contribution in [1.29, 1.82) is 0 Å². The Hall–Kier alpha value is -2.73. The van der Waals surface area contributed by atoms with Crippen LogP contribution >= 0.6 is 19.5 Å². The number of nitrogens with one attached hydrogen (secondary N) is 1. The van der Waals surface area contributed by atoms with Gasteiger partial charge in [0.1, 0.15) is 5.82 Å². The summed E-state index contributed by atoms with van der Waals surface area (Å²) in [4.78, 5) is 9.04. The fraction of sp³-hybridized carbons (Fsp3) is 0.231. The minimum atomic E-state index is -0.923. The highest BCUT2D eigenvalue weighted by Crippen LogP contribution is 2.38. The number of ether oxygens (including phenoxy) is 1. The van der Waals surface area contributed by atoms with Crippen LogP contribution in [0.1, 0.15) is 11.3 Å². The zero-order valence-electron chi connectivity index (χ0n) is 18.9. The van der Waals surface area contributed by atoms with E-state index in [0.29, 0.717) is 38.4 Å². The Morgan fingerprint density at radius 1 is 1.06 bits per heavy atom. The van der Waals surface area contributed by atoms with Gasteiger partial charge in [-0.05, 0) is 37.4 Å². The van der Waals surface area contributed by atoms with Crippen LogP contribution in [0.5, 0.6) is 0 Å². The largest absolute Gasteiger partial charge is 0.381 e. The zero-order valence-corrected chi connectivity index (χ0v) is 20.6. The predicted molar refractivity (Wildman–Crippen MR) is 135 cm³/mol. The average Bonchev–Trinajstić information content (AvgIpc) is 2.87. The summed E-state index contributed by atoms with van der Waals surface area (Å²) in [6.45, 7) is 3.20. The molecular formula is C26H22ClF3N3OP. The maximum absolute atomic E-state index is 15.1. The lowest BCUT2D eigenvalue weighted by atomic mass is 10.0. The molecule has 2 aromatic carbocycles. The highest BCUT2D eigenvalue weighted by atomic mass is 35.5. The van der Waals surface area contributed by atoms with E-state index in [0.717, 1.165) is 37.0 Å². The lowest BCUT2D eigenvalue weighted by Crippen LogP contribution is -2.20. The van der Waals surface area contributed by atoms with E-state index in [2.05, 4.69) is 15.3 Å². The molecule has 0 spiro atoms. The van der Waals surface area contributed by atoms with Gasteiger partial charge in [-0.2, -0.15) is 0 Å². The minimum Gasteiger partial charge on any atom is -0.381 e. The summed E-state index contributed by atoms with van der Waals surface area (Å²) in [5.41, 5.74) is 3.57. The number of anilines is 1. The molecule has 180 valence electrons. The van der Waals surface area contributed by atoms with Crippen LogP contribution in [-0.2, 0) is 11.3 Å². The smallest absolute Gasteiger partial charge is 0.163 e. The molecule has 0 aliphatic carbocycles. The number of nitrogens with zero attached hydrogens (tertiary/aromatic N) is 2. The Kier molecular flexibility index (Phi) is 6.92. The first-order chi connectivity index (χ1) is 16.9. The molecular weight excluding hydrogens is 494 g/mol. The molecule has 0 unspecified atom stereocenters. The number of hydrogen-bond acceptors (Lipinski definition) is 4. The highest BCUT2D eigenvalue weighted by molar-refractivity contribution is 7.65. The van der Waals surface area contributed by atoms with Crippen LogP contribution in [0.25, 0.3) is 22.0 Å². The molecule has 4 nitrogen and oxygen atoms in total. The number of halogens is 4. The van der Waals surface area contributed by atoms with E-state index in [1.807, 2.05) is 12.1 Å². The van der Waals surface area contributed by atoms with E-state index in [1.54, 1.807) is 19.2 Å². The molecule has 0 saturated carbocycles. The zero-order chi connectivity index (χ0) is 24.5. The van der Waals surface area contributed by atoms with Gasteiger partial charge in [0.05, 0.1) is 40.6 Å². The maximum Gasteiger partial charge on any atom is 0.163 e. The molecule has 0 bridgehead atoms. The van der Waals surface area contributed by atoms with Crippen LogP contribution in [0.4, 0.5) is 18.9 Å². The summed E-state index contributed by atoms with van der Waals surface area (Å²) in [6.07, 6.45) is 3.66. The van der Waals surface area contributed by atoms with Crippen LogP contribution in [0.15, 0.2) is 48.7 Å². The highest BCUT2D eigenvalue weighted by Gasteiger charge is 2.19. The molecule has 0 radical (unpaired) electrons. The number of aryl methyl sites for hydroxylation is 1. The molecule has 1 fully saturated rings. The first-order valence-electron chi connectivity index (χ1n) is 11.2. The molecule has 5 rings (SSSR count). The Labute approximate surface area is 207 Å². The van der Waals surface area contributed by atoms with Crippen molar-refractivity contribution >= 4 is 41.5 Å². The minimum absolute atomic E-state index is 0.00189. The van der Waals surface area contributed by atoms with Gasteiger partial charge in [0, 0.05) is 40.9 Å². The number of aromatic nitrogens is 2. The Morgan fingerprint density at radius 3 is 2.60 bits per heavy atom. The summed E-state index contributed by atoms with van der Waals surface area (Å²) >= 11 is 6.55. The molecule has 1 aliphatic rings. The van der Waals surface area contributed by atoms with Crippen LogP contribution in [0.3, 0.4) is 0 Å². The van der Waals surface area contributed by atoms with Crippen molar-refractivity contribution in [2.45, 2.75) is 13.5 Å². The Bertz CT molecular complexity index is 1400. The second kappa shape index (κ2) is 10.1. The van der Waals surface area contributed by atoms with E-state index in [9.17, 15) is 8.78 Å². The number of hydrogen-bond donors (Lipinski definition) is 1. The van der Waals surface area contributed by atoms with Gasteiger partial charge in [0.25, 0.3) is 0 Å². The fourth-order valence-corrected chi connectivity index (χ4v) is 6.27. The van der Waals surface area contributed by atoms with Gasteiger partial charge in [-0.25, -0.2) is 13.2 Å². The Morgan fingerprint density at radius 2 is 1.86 bits per heavy atom. The van der Waals surface area contributed by atoms with Gasteiger partial charge >= 0.3 is 0 Å². The van der Waals surface area contributed by atoms with Gasteiger partial charge in [0.15, 0.2) is 11.6 Å². The number of pyridine rings is 2. The summed E-state index contributed by atoms with van der Waals surface area (Å²) < 4.78 is 48.4. The third-order valence-corrected chi connectivity index (χ3v) is 8.88. The Balaban J connectivity index is 1.52. The van der Waals surface area contributed by atoms with Crippen molar-refractivity contribution in [1.82, 2.24) is 9.97 Å². The molecule has 3 heterocycles. The van der Waals surface area contributed by atoms with E-state index in [1.165, 1.54) is 18.2 Å². The number of rotatable bonds is 5. The van der Waals surface area contributed by atoms with Crippen molar-refractivity contribution in [2.75, 3.05) is 30.9 Å². The molecule has 0 amide bonds. The quantitative estimate of drug-likeness (QED) is 0.311. The van der Waals surface area contributed by atoms with E-state index in [-0.39, 0.29) is 20.0 Å². The molecule has 9 heteroatoms. The van der Waals surface area contributed by atoms with Gasteiger partial charge in [-0.15, -0.1) is 0 Å². The first kappa shape index (κ1) is 24.0. The predicted octanol–water partition coefficient (Wildman–Crippen LogP) is 6.43. The van der Waals surface area contributed by atoms with Gasteiger partial charge in [0.2, 0.25) is 0 Å². The van der Waals surface area contributed by atoms with Crippen molar-refractivity contribution in [3.63, 3.8) is 0 Å². The summed E-state index contributed by atoms with van der Waals surface area (Å²) in [5, 5.41) is 4.02. The molecule has 1 saturated heterocycles. The van der Waals surface area contributed by atoms with Crippen molar-refractivity contribution in [3.8, 4) is 11.1 Å². The summed E-state index contributed by atoms with van der Waals surface area (Å²) in [7, 11) is -0.354. The van der Waals surface area contributed by atoms with Crippen molar-refractivity contribution in [3.05, 3.63) is 82.4 Å². The monoisotopic (exact) mass is 515 g/mol. The maximum atomic E-state index is 15.1. The topological polar surface area (TPSA) is 47.0 Å². The van der Waals surface area contributed by atoms with E-state index < -0.39 is 17.5 Å². The van der Waals surface area contributed by atoms with Crippen molar-refractivity contribution < 1.29 is 17.9 Å². The van der Waals surface area contributed by atoms with Crippen molar-refractivity contribution in [2.24, 2.45) is 0 Å². The molecule has 1 N–H and O–H groups in total. The standard InChI is InChI=1S/C26H22ClF3N3OP/c1-15-24(27)26(32-14-17-3-2-4-20(28)25(17)30)19-11-18(21(29)12-22(19)33-15)16-5-6-23(31-13-16)35-9-7-34-8-10-35/h2-6,11-13H,7-10,14H2,1H3,(H,32,33). The average molecular weight is 516 g/mol. The van der Waals surface area contributed by atoms with Crippen LogP contribution in [0.2, 0.25) is 5.02 Å². The van der Waals surface area contributed by atoms with Gasteiger partial charge < -0.3 is 10.1 Å². The number of fused-ring (bicyclic) bond motifs is 1. The van der Waals surface area contributed by atoms with Crippen LogP contribution in [0, 0.1) is 24.4 Å². The lowest BCUT2D eigenvalue weighted by Gasteiger charge is -2.22.